The van der Waals surface area contributed by atoms with Crippen molar-refractivity contribution in [2.45, 2.75) is 18.9 Å². The van der Waals surface area contributed by atoms with Crippen LogP contribution in [0.4, 0.5) is 10.1 Å². The topological polar surface area (TPSA) is 67.4 Å². The summed E-state index contributed by atoms with van der Waals surface area (Å²) in [5.74, 6) is -1.35. The first kappa shape index (κ1) is 18.4. The predicted molar refractivity (Wildman–Crippen MR) is 97.1 cm³/mol. The second-order valence-corrected chi connectivity index (χ2v) is 6.38. The standard InChI is InChI=1S/C19H18ClFN2O3/c20-16-10-12(21)7-8-14(16)19(25)23-17-6-2-1-5-15(17)18(24)22-11-13-4-3-9-26-13/h1-2,5-8,10,13H,3-4,9,11H2,(H,22,24)(H,23,25). The highest BCUT2D eigenvalue weighted by molar-refractivity contribution is 6.34. The molecule has 1 saturated heterocycles. The summed E-state index contributed by atoms with van der Waals surface area (Å²) in [6, 6.07) is 10.2. The Balaban J connectivity index is 1.71. The number of halogens is 2. The Morgan fingerprint density at radius 1 is 1.15 bits per heavy atom. The van der Waals surface area contributed by atoms with Gasteiger partial charge in [0.05, 0.1) is 27.9 Å². The molecule has 0 saturated carbocycles. The minimum Gasteiger partial charge on any atom is -0.376 e. The number of ether oxygens (including phenoxy) is 1. The quantitative estimate of drug-likeness (QED) is 0.837. The fourth-order valence-corrected chi connectivity index (χ4v) is 3.01. The van der Waals surface area contributed by atoms with E-state index in [2.05, 4.69) is 10.6 Å². The first-order chi connectivity index (χ1) is 12.5. The summed E-state index contributed by atoms with van der Waals surface area (Å²) < 4.78 is 18.6. The lowest BCUT2D eigenvalue weighted by molar-refractivity contribution is 0.0858. The summed E-state index contributed by atoms with van der Waals surface area (Å²) in [5.41, 5.74) is 0.808. The molecule has 26 heavy (non-hydrogen) atoms. The maximum absolute atomic E-state index is 13.1. The number of rotatable bonds is 5. The summed E-state index contributed by atoms with van der Waals surface area (Å²) in [5, 5.41) is 5.48. The molecular formula is C19H18ClFN2O3. The van der Waals surface area contributed by atoms with Crippen LogP contribution >= 0.6 is 11.6 Å². The zero-order valence-electron chi connectivity index (χ0n) is 13.9. The lowest BCUT2D eigenvalue weighted by atomic mass is 10.1. The van der Waals surface area contributed by atoms with Gasteiger partial charge in [0.2, 0.25) is 0 Å². The molecule has 3 rings (SSSR count). The zero-order valence-corrected chi connectivity index (χ0v) is 14.7. The summed E-state index contributed by atoms with van der Waals surface area (Å²) >= 11 is 5.92. The average Bonchev–Trinajstić information content (AvgIpc) is 3.13. The summed E-state index contributed by atoms with van der Waals surface area (Å²) in [6.07, 6.45) is 1.94. The number of amides is 2. The number of anilines is 1. The first-order valence-corrected chi connectivity index (χ1v) is 8.67. The van der Waals surface area contributed by atoms with Crippen molar-refractivity contribution in [3.05, 3.63) is 64.4 Å². The number of nitrogens with one attached hydrogen (secondary N) is 2. The SMILES string of the molecule is O=C(Nc1ccccc1C(=O)NCC1CCCO1)c1ccc(F)cc1Cl. The van der Waals surface area contributed by atoms with E-state index < -0.39 is 11.7 Å². The van der Waals surface area contributed by atoms with Gasteiger partial charge in [-0.25, -0.2) is 4.39 Å². The monoisotopic (exact) mass is 376 g/mol. The Bertz CT molecular complexity index is 822. The van der Waals surface area contributed by atoms with Crippen LogP contribution in [0.5, 0.6) is 0 Å². The molecule has 2 N–H and O–H groups in total. The van der Waals surface area contributed by atoms with Crippen LogP contribution in [-0.2, 0) is 4.74 Å². The largest absolute Gasteiger partial charge is 0.376 e. The predicted octanol–water partition coefficient (Wildman–Crippen LogP) is 3.64. The van der Waals surface area contributed by atoms with Gasteiger partial charge in [0, 0.05) is 13.2 Å². The van der Waals surface area contributed by atoms with Crippen molar-refractivity contribution >= 4 is 29.1 Å². The molecule has 1 aliphatic rings. The van der Waals surface area contributed by atoms with Crippen molar-refractivity contribution in [2.75, 3.05) is 18.5 Å². The second-order valence-electron chi connectivity index (χ2n) is 5.97. The van der Waals surface area contributed by atoms with Crippen LogP contribution in [-0.4, -0.2) is 31.1 Å². The normalized spacial score (nSPS) is 16.3. The van der Waals surface area contributed by atoms with Gasteiger partial charge in [-0.3, -0.25) is 9.59 Å². The maximum Gasteiger partial charge on any atom is 0.257 e. The van der Waals surface area contributed by atoms with E-state index in [0.717, 1.165) is 25.0 Å². The van der Waals surface area contributed by atoms with E-state index in [9.17, 15) is 14.0 Å². The Hall–Kier alpha value is -2.44. The molecule has 1 unspecified atom stereocenters. The summed E-state index contributed by atoms with van der Waals surface area (Å²) in [4.78, 5) is 24.9. The van der Waals surface area contributed by atoms with E-state index in [1.54, 1.807) is 24.3 Å². The number of hydrogen-bond donors (Lipinski definition) is 2. The molecule has 5 nitrogen and oxygen atoms in total. The molecule has 2 amide bonds. The molecule has 0 spiro atoms. The lowest BCUT2D eigenvalue weighted by Gasteiger charge is -2.14. The van der Waals surface area contributed by atoms with E-state index in [1.165, 1.54) is 6.07 Å². The minimum atomic E-state index is -0.527. The maximum atomic E-state index is 13.1. The van der Waals surface area contributed by atoms with E-state index in [4.69, 9.17) is 16.3 Å². The number of para-hydroxylation sites is 1. The molecule has 2 aromatic carbocycles. The van der Waals surface area contributed by atoms with Crippen molar-refractivity contribution in [2.24, 2.45) is 0 Å². The Morgan fingerprint density at radius 3 is 2.69 bits per heavy atom. The van der Waals surface area contributed by atoms with Gasteiger partial charge >= 0.3 is 0 Å². The molecule has 136 valence electrons. The van der Waals surface area contributed by atoms with Crippen LogP contribution in [0.25, 0.3) is 0 Å². The van der Waals surface area contributed by atoms with E-state index >= 15 is 0 Å². The molecule has 2 aromatic rings. The van der Waals surface area contributed by atoms with Crippen LogP contribution < -0.4 is 10.6 Å². The van der Waals surface area contributed by atoms with Gasteiger partial charge in [-0.15, -0.1) is 0 Å². The molecule has 1 aliphatic heterocycles. The lowest BCUT2D eigenvalue weighted by Crippen LogP contribution is -2.32. The minimum absolute atomic E-state index is 0.00261. The molecule has 1 atom stereocenters. The third-order valence-electron chi connectivity index (χ3n) is 4.11. The molecule has 0 radical (unpaired) electrons. The Kier molecular flexibility index (Phi) is 5.85. The zero-order chi connectivity index (χ0) is 18.5. The average molecular weight is 377 g/mol. The number of hydrogen-bond acceptors (Lipinski definition) is 3. The molecule has 0 aromatic heterocycles. The summed E-state index contributed by atoms with van der Waals surface area (Å²) in [6.45, 7) is 1.14. The number of carbonyl (C=O) groups is 2. The fourth-order valence-electron chi connectivity index (χ4n) is 2.76. The highest BCUT2D eigenvalue weighted by atomic mass is 35.5. The van der Waals surface area contributed by atoms with Crippen molar-refractivity contribution in [1.29, 1.82) is 0 Å². The van der Waals surface area contributed by atoms with Gasteiger partial charge in [0.15, 0.2) is 0 Å². The third-order valence-corrected chi connectivity index (χ3v) is 4.42. The van der Waals surface area contributed by atoms with Gasteiger partial charge in [-0.1, -0.05) is 23.7 Å². The molecule has 1 fully saturated rings. The van der Waals surface area contributed by atoms with Gasteiger partial charge < -0.3 is 15.4 Å². The van der Waals surface area contributed by atoms with Crippen LogP contribution in [0.15, 0.2) is 42.5 Å². The van der Waals surface area contributed by atoms with Gasteiger partial charge in [0.1, 0.15) is 5.82 Å². The molecule has 7 heteroatoms. The van der Waals surface area contributed by atoms with Crippen LogP contribution in [0.2, 0.25) is 5.02 Å². The van der Waals surface area contributed by atoms with Gasteiger partial charge in [0.25, 0.3) is 11.8 Å². The van der Waals surface area contributed by atoms with E-state index in [0.29, 0.717) is 24.4 Å². The highest BCUT2D eigenvalue weighted by Crippen LogP contribution is 2.21. The Morgan fingerprint density at radius 2 is 1.96 bits per heavy atom. The van der Waals surface area contributed by atoms with Gasteiger partial charge in [-0.05, 0) is 43.2 Å². The van der Waals surface area contributed by atoms with E-state index in [-0.39, 0.29) is 22.6 Å². The van der Waals surface area contributed by atoms with Crippen LogP contribution in [0.3, 0.4) is 0 Å². The smallest absolute Gasteiger partial charge is 0.257 e. The molecule has 1 heterocycles. The van der Waals surface area contributed by atoms with E-state index in [1.807, 2.05) is 0 Å². The van der Waals surface area contributed by atoms with Crippen molar-refractivity contribution in [3.63, 3.8) is 0 Å². The number of carbonyl (C=O) groups excluding carboxylic acids is 2. The summed E-state index contributed by atoms with van der Waals surface area (Å²) in [7, 11) is 0. The van der Waals surface area contributed by atoms with Crippen LogP contribution in [0.1, 0.15) is 33.6 Å². The Labute approximate surface area is 155 Å². The fraction of sp³-hybridized carbons (Fsp3) is 0.263. The molecule has 0 aliphatic carbocycles. The molecular weight excluding hydrogens is 359 g/mol. The highest BCUT2D eigenvalue weighted by Gasteiger charge is 2.19. The van der Waals surface area contributed by atoms with Crippen molar-refractivity contribution < 1.29 is 18.7 Å². The van der Waals surface area contributed by atoms with Crippen molar-refractivity contribution in [1.82, 2.24) is 5.32 Å². The van der Waals surface area contributed by atoms with Gasteiger partial charge in [-0.2, -0.15) is 0 Å². The second kappa shape index (κ2) is 8.29. The molecule has 0 bridgehead atoms. The first-order valence-electron chi connectivity index (χ1n) is 8.30. The van der Waals surface area contributed by atoms with Crippen LogP contribution in [0, 0.1) is 5.82 Å². The number of benzene rings is 2. The third kappa shape index (κ3) is 4.39. The van der Waals surface area contributed by atoms with Crippen molar-refractivity contribution in [3.8, 4) is 0 Å².